The predicted molar refractivity (Wildman–Crippen MR) is 152 cm³/mol. The van der Waals surface area contributed by atoms with Gasteiger partial charge in [-0.1, -0.05) is 18.6 Å². The molecule has 0 saturated carbocycles. The van der Waals surface area contributed by atoms with Crippen molar-refractivity contribution in [2.24, 2.45) is 16.1 Å². The van der Waals surface area contributed by atoms with Crippen LogP contribution in [-0.2, 0) is 4.79 Å². The first kappa shape index (κ1) is 31.8. The summed E-state index contributed by atoms with van der Waals surface area (Å²) >= 11 is 0. The lowest BCUT2D eigenvalue weighted by Crippen LogP contribution is -2.25. The normalized spacial score (nSPS) is 17.2. The number of rotatable bonds is 10. The fraction of sp³-hybridized carbons (Fsp3) is 0.200. The maximum absolute atomic E-state index is 14.7. The van der Waals surface area contributed by atoms with Gasteiger partial charge in [0.2, 0.25) is 5.75 Å². The molecule has 4 rings (SSSR count). The Balaban J connectivity index is 1.47. The fourth-order valence-corrected chi connectivity index (χ4v) is 4.74. The number of carboxylic acids is 2. The molecule has 226 valence electrons. The monoisotopic (exact) mass is 610 g/mol. The fourth-order valence-electron chi connectivity index (χ4n) is 4.74. The molecular weight excluding hydrogens is 585 g/mol. The number of hydrogen-bond acceptors (Lipinski definition) is 6. The van der Waals surface area contributed by atoms with Crippen molar-refractivity contribution in [3.8, 4) is 5.75 Å². The van der Waals surface area contributed by atoms with Crippen LogP contribution in [0.25, 0.3) is 0 Å². The molecule has 1 aliphatic carbocycles. The van der Waals surface area contributed by atoms with Gasteiger partial charge in [-0.05, 0) is 43.2 Å². The third-order valence-electron chi connectivity index (χ3n) is 7.11. The van der Waals surface area contributed by atoms with Crippen molar-refractivity contribution in [3.05, 3.63) is 99.8 Å². The molecule has 1 unspecified atom stereocenters. The first-order valence-electron chi connectivity index (χ1n) is 13.2. The summed E-state index contributed by atoms with van der Waals surface area (Å²) in [6.45, 7) is 5.83. The lowest BCUT2D eigenvalue weighted by atomic mass is 9.97. The summed E-state index contributed by atoms with van der Waals surface area (Å²) in [6, 6.07) is 4.29. The summed E-state index contributed by atoms with van der Waals surface area (Å²) < 4.78 is 63.0. The second kappa shape index (κ2) is 13.0. The molecule has 0 amide bonds. The Labute approximate surface area is 249 Å². The number of carboxylic acid groups (broad SMARTS) is 2. The second-order valence-corrected chi connectivity index (χ2v) is 10.0. The average molecular weight is 610 g/mol. The van der Waals surface area contributed by atoms with E-state index in [-0.39, 0.29) is 35.0 Å². The van der Waals surface area contributed by atoms with Gasteiger partial charge in [0.1, 0.15) is 5.69 Å². The van der Waals surface area contributed by atoms with Gasteiger partial charge in [0.05, 0.1) is 23.2 Å². The average Bonchev–Trinajstić information content (AvgIpc) is 3.47. The van der Waals surface area contributed by atoms with E-state index in [1.54, 1.807) is 6.08 Å². The Bertz CT molecular complexity index is 1740. The highest BCUT2D eigenvalue weighted by molar-refractivity contribution is 6.35. The number of halogens is 4. The molecule has 1 atom stereocenters. The maximum atomic E-state index is 14.7. The van der Waals surface area contributed by atoms with Crippen LogP contribution in [0.15, 0.2) is 87.3 Å². The van der Waals surface area contributed by atoms with Crippen molar-refractivity contribution < 1.29 is 51.2 Å². The summed E-state index contributed by atoms with van der Waals surface area (Å²) in [5.74, 6) is -7.53. The zero-order chi connectivity index (χ0) is 32.3. The maximum Gasteiger partial charge on any atom is 0.934 e. The van der Waals surface area contributed by atoms with Crippen LogP contribution in [0.4, 0.5) is 28.8 Å². The van der Waals surface area contributed by atoms with Gasteiger partial charge in [-0.3, -0.25) is 4.79 Å². The number of esters is 1. The predicted octanol–water partition coefficient (Wildman–Crippen LogP) is 7.21. The standard InChI is InChI=1S/C30H24BF4N3O6/c1-15-10-16(2)23(17(15)3)14-21-6-5-20(38(21)31(34)35)7-9-27(39)44-28-24(32)12-19(13-25(28)33)36-37-26-11-18(29(40)41)4-8-22(26)30(42)43/h4-6,8,10-14,17H,7,9H2,1-3H3,(H-,40,41,42,43)/p+1/b21-14-,37-36+. The zero-order valence-corrected chi connectivity index (χ0v) is 23.6. The van der Waals surface area contributed by atoms with E-state index < -0.39 is 60.4 Å². The molecule has 14 heteroatoms. The number of aromatic carboxylic acids is 2. The smallest absolute Gasteiger partial charge is 0.478 e. The molecule has 1 aliphatic heterocycles. The van der Waals surface area contributed by atoms with Crippen LogP contribution in [0.3, 0.4) is 0 Å². The van der Waals surface area contributed by atoms with Crippen molar-refractivity contribution in [3.63, 3.8) is 0 Å². The SMILES string of the molecule is CC1=CC(C)=C(/C=C2/C=CC(CCC(=O)Oc3c(F)cc(/N=N/c4cc(C(=O)O)ccc4C(=O)O)cc3F)=[N+]2B(F)F)C1C. The van der Waals surface area contributed by atoms with Crippen LogP contribution in [-0.4, -0.2) is 45.7 Å². The minimum Gasteiger partial charge on any atom is -0.478 e. The number of nitrogens with zero attached hydrogens (tertiary/aromatic N) is 3. The van der Waals surface area contributed by atoms with Crippen molar-refractivity contribution in [2.75, 3.05) is 0 Å². The van der Waals surface area contributed by atoms with E-state index in [9.17, 15) is 36.9 Å². The highest BCUT2D eigenvalue weighted by Gasteiger charge is 2.42. The van der Waals surface area contributed by atoms with Crippen molar-refractivity contribution >= 4 is 42.4 Å². The first-order chi connectivity index (χ1) is 20.8. The van der Waals surface area contributed by atoms with Gasteiger partial charge in [-0.2, -0.15) is 5.11 Å². The van der Waals surface area contributed by atoms with E-state index in [2.05, 4.69) is 10.2 Å². The minimum absolute atomic E-state index is 0.0671. The third-order valence-corrected chi connectivity index (χ3v) is 7.11. The van der Waals surface area contributed by atoms with Gasteiger partial charge < -0.3 is 14.9 Å². The molecule has 0 bridgehead atoms. The van der Waals surface area contributed by atoms with E-state index in [4.69, 9.17) is 9.84 Å². The number of ether oxygens (including phenoxy) is 1. The molecule has 0 saturated heterocycles. The topological polar surface area (TPSA) is 129 Å². The largest absolute Gasteiger partial charge is 0.934 e. The van der Waals surface area contributed by atoms with Crippen LogP contribution >= 0.6 is 0 Å². The first-order valence-corrected chi connectivity index (χ1v) is 13.2. The van der Waals surface area contributed by atoms with Crippen LogP contribution < -0.4 is 4.74 Å². The Hall–Kier alpha value is -5.14. The van der Waals surface area contributed by atoms with E-state index in [0.29, 0.717) is 12.1 Å². The molecule has 2 aliphatic rings. The lowest BCUT2D eigenvalue weighted by molar-refractivity contribution is -0.343. The molecule has 9 nitrogen and oxygen atoms in total. The summed E-state index contributed by atoms with van der Waals surface area (Å²) in [6.07, 6.45) is 5.97. The van der Waals surface area contributed by atoms with Gasteiger partial charge in [0, 0.05) is 42.7 Å². The van der Waals surface area contributed by atoms with Crippen LogP contribution in [0.2, 0.25) is 0 Å². The molecule has 2 aromatic carbocycles. The van der Waals surface area contributed by atoms with Crippen molar-refractivity contribution in [2.45, 2.75) is 33.6 Å². The van der Waals surface area contributed by atoms with Crippen molar-refractivity contribution in [1.82, 2.24) is 0 Å². The van der Waals surface area contributed by atoms with E-state index in [1.165, 1.54) is 12.2 Å². The summed E-state index contributed by atoms with van der Waals surface area (Å²) in [5.41, 5.74) is 1.86. The van der Waals surface area contributed by atoms with E-state index >= 15 is 0 Å². The van der Waals surface area contributed by atoms with Gasteiger partial charge in [0.25, 0.3) is 0 Å². The Morgan fingerprint density at radius 1 is 1.02 bits per heavy atom. The molecule has 0 fully saturated rings. The molecule has 0 radical (unpaired) electrons. The number of benzene rings is 2. The summed E-state index contributed by atoms with van der Waals surface area (Å²) in [4.78, 5) is 35.0. The van der Waals surface area contributed by atoms with E-state index in [0.717, 1.165) is 39.4 Å². The summed E-state index contributed by atoms with van der Waals surface area (Å²) in [5, 5.41) is 25.6. The molecule has 2 aromatic rings. The molecule has 2 N–H and O–H groups in total. The van der Waals surface area contributed by atoms with Crippen LogP contribution in [0, 0.1) is 17.6 Å². The minimum atomic E-state index is -2.90. The Morgan fingerprint density at radius 2 is 1.70 bits per heavy atom. The van der Waals surface area contributed by atoms with Crippen LogP contribution in [0.1, 0.15) is 54.3 Å². The number of hydrogen-bond donors (Lipinski definition) is 2. The number of carbonyl (C=O) groups is 3. The zero-order valence-electron chi connectivity index (χ0n) is 23.6. The molecule has 0 aromatic heterocycles. The highest BCUT2D eigenvalue weighted by atomic mass is 19.2. The van der Waals surface area contributed by atoms with Gasteiger partial charge >= 0.3 is 25.3 Å². The van der Waals surface area contributed by atoms with E-state index in [1.807, 2.05) is 26.8 Å². The quantitative estimate of drug-likeness (QED) is 0.0963. The third kappa shape index (κ3) is 6.91. The molecule has 0 spiro atoms. The number of azo groups is 1. The Morgan fingerprint density at radius 3 is 2.27 bits per heavy atom. The molecular formula is C30H25BF4N3O6+. The van der Waals surface area contributed by atoms with Gasteiger partial charge in [-0.25, -0.2) is 31.5 Å². The highest BCUT2D eigenvalue weighted by Crippen LogP contribution is 2.34. The number of allylic oxidation sites excluding steroid dienone is 7. The lowest BCUT2D eigenvalue weighted by Gasteiger charge is -2.09. The second-order valence-electron chi connectivity index (χ2n) is 10.0. The Kier molecular flexibility index (Phi) is 9.41. The van der Waals surface area contributed by atoms with Crippen molar-refractivity contribution in [1.29, 1.82) is 0 Å². The molecule has 1 heterocycles. The van der Waals surface area contributed by atoms with Gasteiger partial charge in [-0.15, -0.1) is 5.11 Å². The summed E-state index contributed by atoms with van der Waals surface area (Å²) in [7, 11) is -2.90. The molecule has 44 heavy (non-hydrogen) atoms. The van der Waals surface area contributed by atoms with Gasteiger partial charge in [0.15, 0.2) is 23.0 Å². The number of carbonyl (C=O) groups excluding carboxylic acids is 1. The van der Waals surface area contributed by atoms with Crippen LogP contribution in [0.5, 0.6) is 5.75 Å².